The first-order valence-corrected chi connectivity index (χ1v) is 7.14. The fourth-order valence-corrected chi connectivity index (χ4v) is 1.66. The van der Waals surface area contributed by atoms with Crippen LogP contribution in [0.3, 0.4) is 0 Å². The quantitative estimate of drug-likeness (QED) is 0.686. The maximum absolute atomic E-state index is 11.1. The highest BCUT2D eigenvalue weighted by Crippen LogP contribution is 2.27. The summed E-state index contributed by atoms with van der Waals surface area (Å²) in [5.74, 6) is 0.473. The van der Waals surface area contributed by atoms with E-state index >= 15 is 0 Å². The number of hydrogen-bond donors (Lipinski definition) is 2. The van der Waals surface area contributed by atoms with Gasteiger partial charge in [0.25, 0.3) is 0 Å². The minimum absolute atomic E-state index is 0.107. The number of carboxylic acids is 1. The molecule has 1 aromatic rings. The van der Waals surface area contributed by atoms with Crippen molar-refractivity contribution in [2.24, 2.45) is 5.41 Å². The summed E-state index contributed by atoms with van der Waals surface area (Å²) in [6.07, 6.45) is 1.05. The van der Waals surface area contributed by atoms with E-state index in [1.165, 1.54) is 0 Å². The number of ether oxygens (including phenoxy) is 2. The van der Waals surface area contributed by atoms with E-state index in [4.69, 9.17) is 14.6 Å². The van der Waals surface area contributed by atoms with Gasteiger partial charge >= 0.3 is 5.97 Å². The summed E-state index contributed by atoms with van der Waals surface area (Å²) in [4.78, 5) is 11.1. The molecule has 1 rings (SSSR count). The monoisotopic (exact) mass is 295 g/mol. The summed E-state index contributed by atoms with van der Waals surface area (Å²) in [6, 6.07) is 5.60. The topological polar surface area (TPSA) is 67.8 Å². The van der Waals surface area contributed by atoms with Crippen LogP contribution in [0, 0.1) is 5.41 Å². The molecule has 0 spiro atoms. The van der Waals surface area contributed by atoms with Crippen LogP contribution in [0.15, 0.2) is 18.2 Å². The molecule has 0 unspecified atom stereocenters. The predicted octanol–water partition coefficient (Wildman–Crippen LogP) is 2.68. The molecule has 5 nitrogen and oxygen atoms in total. The maximum atomic E-state index is 11.1. The molecule has 0 fully saturated rings. The number of hydrogen-bond acceptors (Lipinski definition) is 4. The second kappa shape index (κ2) is 7.88. The normalized spacial score (nSPS) is 11.2. The van der Waals surface area contributed by atoms with Crippen molar-refractivity contribution in [3.05, 3.63) is 23.8 Å². The Kier molecular flexibility index (Phi) is 6.49. The van der Waals surface area contributed by atoms with Gasteiger partial charge in [0, 0.05) is 18.2 Å². The van der Waals surface area contributed by atoms with Crippen LogP contribution in [-0.2, 0) is 11.3 Å². The van der Waals surface area contributed by atoms with Crippen molar-refractivity contribution < 1.29 is 19.4 Å². The van der Waals surface area contributed by atoms with E-state index in [1.54, 1.807) is 27.0 Å². The summed E-state index contributed by atoms with van der Waals surface area (Å²) in [5, 5.41) is 12.5. The van der Waals surface area contributed by atoms with Gasteiger partial charge < -0.3 is 19.9 Å². The Labute approximate surface area is 126 Å². The smallest absolute Gasteiger partial charge is 0.312 e. The van der Waals surface area contributed by atoms with Crippen LogP contribution in [0.5, 0.6) is 11.5 Å². The molecule has 0 amide bonds. The highest BCUT2D eigenvalue weighted by molar-refractivity contribution is 5.73. The van der Waals surface area contributed by atoms with Gasteiger partial charge in [-0.15, -0.1) is 0 Å². The van der Waals surface area contributed by atoms with Gasteiger partial charge in [0.1, 0.15) is 18.1 Å². The summed E-state index contributed by atoms with van der Waals surface area (Å²) in [6.45, 7) is 7.10. The molecular weight excluding hydrogens is 270 g/mol. The van der Waals surface area contributed by atoms with E-state index < -0.39 is 11.4 Å². The Balaban J connectivity index is 2.83. The fourth-order valence-electron chi connectivity index (χ4n) is 1.66. The van der Waals surface area contributed by atoms with Gasteiger partial charge in [-0.25, -0.2) is 0 Å². The van der Waals surface area contributed by atoms with Gasteiger partial charge in [-0.1, -0.05) is 13.0 Å². The number of rotatable bonds is 9. The predicted molar refractivity (Wildman–Crippen MR) is 81.9 cm³/mol. The highest BCUT2D eigenvalue weighted by atomic mass is 16.5. The average Bonchev–Trinajstić information content (AvgIpc) is 2.46. The summed E-state index contributed by atoms with van der Waals surface area (Å²) in [5.41, 5.74) is 0.0578. The molecule has 118 valence electrons. The summed E-state index contributed by atoms with van der Waals surface area (Å²) >= 11 is 0. The first-order valence-electron chi connectivity index (χ1n) is 7.14. The SMILES string of the molecule is CCCNCc1ccc(OC)cc1OCC(C)(C)C(=O)O. The molecule has 2 N–H and O–H groups in total. The van der Waals surface area contributed by atoms with E-state index in [2.05, 4.69) is 12.2 Å². The number of carbonyl (C=O) groups is 1. The zero-order chi connectivity index (χ0) is 15.9. The van der Waals surface area contributed by atoms with Gasteiger partial charge in [-0.2, -0.15) is 0 Å². The Bertz CT molecular complexity index is 471. The number of nitrogens with one attached hydrogen (secondary N) is 1. The van der Waals surface area contributed by atoms with Gasteiger partial charge in [-0.3, -0.25) is 4.79 Å². The van der Waals surface area contributed by atoms with Crippen molar-refractivity contribution in [3.8, 4) is 11.5 Å². The summed E-state index contributed by atoms with van der Waals surface area (Å²) in [7, 11) is 1.59. The fraction of sp³-hybridized carbons (Fsp3) is 0.562. The first kappa shape index (κ1) is 17.3. The van der Waals surface area contributed by atoms with E-state index in [-0.39, 0.29) is 6.61 Å². The number of aliphatic carboxylic acids is 1. The lowest BCUT2D eigenvalue weighted by Crippen LogP contribution is -2.31. The lowest BCUT2D eigenvalue weighted by atomic mass is 9.95. The maximum Gasteiger partial charge on any atom is 0.312 e. The molecular formula is C16H25NO4. The van der Waals surface area contributed by atoms with E-state index in [0.717, 1.165) is 18.5 Å². The van der Waals surface area contributed by atoms with E-state index in [0.29, 0.717) is 18.0 Å². The van der Waals surface area contributed by atoms with Gasteiger partial charge in [0.2, 0.25) is 0 Å². The molecule has 1 aromatic carbocycles. The van der Waals surface area contributed by atoms with Gasteiger partial charge in [0.15, 0.2) is 0 Å². The number of carboxylic acid groups (broad SMARTS) is 1. The van der Waals surface area contributed by atoms with Crippen molar-refractivity contribution in [3.63, 3.8) is 0 Å². The van der Waals surface area contributed by atoms with Crippen LogP contribution in [0.2, 0.25) is 0 Å². The third-order valence-electron chi connectivity index (χ3n) is 3.18. The molecule has 0 heterocycles. The second-order valence-corrected chi connectivity index (χ2v) is 5.63. The summed E-state index contributed by atoms with van der Waals surface area (Å²) < 4.78 is 10.9. The Hall–Kier alpha value is -1.75. The van der Waals surface area contributed by atoms with Crippen molar-refractivity contribution >= 4 is 5.97 Å². The van der Waals surface area contributed by atoms with E-state index in [9.17, 15) is 4.79 Å². The molecule has 0 saturated heterocycles. The Morgan fingerprint density at radius 3 is 2.67 bits per heavy atom. The van der Waals surface area contributed by atoms with Crippen LogP contribution >= 0.6 is 0 Å². The molecule has 0 saturated carbocycles. The molecule has 0 atom stereocenters. The molecule has 0 aliphatic carbocycles. The Morgan fingerprint density at radius 2 is 2.10 bits per heavy atom. The molecule has 0 aromatic heterocycles. The van der Waals surface area contributed by atoms with Crippen LogP contribution in [0.25, 0.3) is 0 Å². The number of methoxy groups -OCH3 is 1. The first-order chi connectivity index (χ1) is 9.90. The lowest BCUT2D eigenvalue weighted by Gasteiger charge is -2.21. The Morgan fingerprint density at radius 1 is 1.38 bits per heavy atom. The molecule has 0 aliphatic rings. The van der Waals surface area contributed by atoms with Crippen LogP contribution < -0.4 is 14.8 Å². The van der Waals surface area contributed by atoms with Gasteiger partial charge in [-0.05, 0) is 32.9 Å². The standard InChI is InChI=1S/C16H25NO4/c1-5-8-17-10-12-6-7-13(20-4)9-14(12)21-11-16(2,3)15(18)19/h6-7,9,17H,5,8,10-11H2,1-4H3,(H,18,19). The molecule has 21 heavy (non-hydrogen) atoms. The molecule has 5 heteroatoms. The lowest BCUT2D eigenvalue weighted by molar-refractivity contribution is -0.148. The third kappa shape index (κ3) is 5.27. The van der Waals surface area contributed by atoms with Gasteiger partial charge in [0.05, 0.1) is 12.5 Å². The molecule has 0 radical (unpaired) electrons. The van der Waals surface area contributed by atoms with Crippen LogP contribution in [0.1, 0.15) is 32.8 Å². The van der Waals surface area contributed by atoms with Crippen LogP contribution in [0.4, 0.5) is 0 Å². The molecule has 0 aliphatic heterocycles. The van der Waals surface area contributed by atoms with Crippen molar-refractivity contribution in [2.75, 3.05) is 20.3 Å². The minimum Gasteiger partial charge on any atom is -0.497 e. The molecule has 0 bridgehead atoms. The zero-order valence-corrected chi connectivity index (χ0v) is 13.2. The third-order valence-corrected chi connectivity index (χ3v) is 3.18. The second-order valence-electron chi connectivity index (χ2n) is 5.63. The van der Waals surface area contributed by atoms with Crippen LogP contribution in [-0.4, -0.2) is 31.3 Å². The van der Waals surface area contributed by atoms with Crippen molar-refractivity contribution in [2.45, 2.75) is 33.7 Å². The van der Waals surface area contributed by atoms with Crippen molar-refractivity contribution in [1.29, 1.82) is 0 Å². The minimum atomic E-state index is -0.933. The van der Waals surface area contributed by atoms with Crippen molar-refractivity contribution in [1.82, 2.24) is 5.32 Å². The highest BCUT2D eigenvalue weighted by Gasteiger charge is 2.28. The van der Waals surface area contributed by atoms with E-state index in [1.807, 2.05) is 12.1 Å². The zero-order valence-electron chi connectivity index (χ0n) is 13.2. The average molecular weight is 295 g/mol. The number of benzene rings is 1. The largest absolute Gasteiger partial charge is 0.497 e.